The summed E-state index contributed by atoms with van der Waals surface area (Å²) in [5, 5.41) is 11.3. The van der Waals surface area contributed by atoms with E-state index < -0.39 is 28.5 Å². The molecule has 34 heavy (non-hydrogen) atoms. The predicted molar refractivity (Wildman–Crippen MR) is 128 cm³/mol. The highest BCUT2D eigenvalue weighted by atomic mass is 32.2. The lowest BCUT2D eigenvalue weighted by Crippen LogP contribution is -2.26. The SMILES string of the molecule is Cc1ccc(S(=O)(=O)N(C)c2ccc(C(=O)OCC(=O)Nc3ccc(CC#N)cc3)cc2)cc1. The molecular formula is C25H23N3O5S. The summed E-state index contributed by atoms with van der Waals surface area (Å²) in [5.74, 6) is -1.22. The topological polar surface area (TPSA) is 117 Å². The summed E-state index contributed by atoms with van der Waals surface area (Å²) in [4.78, 5) is 24.5. The van der Waals surface area contributed by atoms with Crippen LogP contribution in [0.3, 0.4) is 0 Å². The van der Waals surface area contributed by atoms with Gasteiger partial charge in [-0.2, -0.15) is 5.26 Å². The highest BCUT2D eigenvalue weighted by Crippen LogP contribution is 2.23. The van der Waals surface area contributed by atoms with Crippen LogP contribution in [-0.2, 0) is 26.0 Å². The van der Waals surface area contributed by atoms with Crippen LogP contribution in [0.15, 0.2) is 77.7 Å². The zero-order valence-electron chi connectivity index (χ0n) is 18.7. The molecule has 3 rings (SSSR count). The number of nitriles is 1. The molecule has 0 unspecified atom stereocenters. The van der Waals surface area contributed by atoms with E-state index in [1.54, 1.807) is 48.5 Å². The normalized spacial score (nSPS) is 10.7. The van der Waals surface area contributed by atoms with Gasteiger partial charge >= 0.3 is 5.97 Å². The van der Waals surface area contributed by atoms with Crippen molar-refractivity contribution in [3.63, 3.8) is 0 Å². The van der Waals surface area contributed by atoms with Gasteiger partial charge in [0.2, 0.25) is 0 Å². The van der Waals surface area contributed by atoms with E-state index in [0.717, 1.165) is 15.4 Å². The number of anilines is 2. The lowest BCUT2D eigenvalue weighted by molar-refractivity contribution is -0.119. The summed E-state index contributed by atoms with van der Waals surface area (Å²) in [6.07, 6.45) is 0.276. The summed E-state index contributed by atoms with van der Waals surface area (Å²) in [6, 6.07) is 21.2. The number of carbonyl (C=O) groups excluding carboxylic acids is 2. The molecule has 1 N–H and O–H groups in total. The Morgan fingerprint density at radius 2 is 1.59 bits per heavy atom. The quantitative estimate of drug-likeness (QED) is 0.495. The maximum Gasteiger partial charge on any atom is 0.338 e. The summed E-state index contributed by atoms with van der Waals surface area (Å²) in [6.45, 7) is 1.39. The number of carbonyl (C=O) groups is 2. The predicted octanol–water partition coefficient (Wildman–Crippen LogP) is 3.68. The highest BCUT2D eigenvalue weighted by Gasteiger charge is 2.21. The van der Waals surface area contributed by atoms with E-state index in [1.165, 1.54) is 31.3 Å². The molecule has 1 amide bonds. The number of rotatable bonds is 8. The number of nitrogens with one attached hydrogen (secondary N) is 1. The minimum Gasteiger partial charge on any atom is -0.452 e. The third-order valence-electron chi connectivity index (χ3n) is 5.00. The van der Waals surface area contributed by atoms with Crippen molar-refractivity contribution in [3.8, 4) is 6.07 Å². The standard InChI is InChI=1S/C25H23N3O5S/c1-18-3-13-23(14-4-18)34(31,32)28(2)22-11-7-20(8-12-22)25(30)33-17-24(29)27-21-9-5-19(6-10-21)15-16-26/h3-14H,15,17H2,1-2H3,(H,27,29). The second kappa shape index (κ2) is 10.6. The first-order chi connectivity index (χ1) is 16.2. The van der Waals surface area contributed by atoms with Gasteiger partial charge < -0.3 is 10.1 Å². The minimum absolute atomic E-state index is 0.162. The van der Waals surface area contributed by atoms with Crippen molar-refractivity contribution in [2.45, 2.75) is 18.2 Å². The molecule has 0 aromatic heterocycles. The molecule has 3 aromatic carbocycles. The van der Waals surface area contributed by atoms with Crippen molar-refractivity contribution >= 4 is 33.3 Å². The molecular weight excluding hydrogens is 454 g/mol. The molecule has 0 spiro atoms. The van der Waals surface area contributed by atoms with Crippen LogP contribution < -0.4 is 9.62 Å². The molecule has 174 valence electrons. The summed E-state index contributed by atoms with van der Waals surface area (Å²) in [5.41, 5.74) is 2.84. The van der Waals surface area contributed by atoms with E-state index in [2.05, 4.69) is 5.32 Å². The van der Waals surface area contributed by atoms with Crippen molar-refractivity contribution in [1.29, 1.82) is 5.26 Å². The van der Waals surface area contributed by atoms with Gasteiger partial charge in [0.25, 0.3) is 15.9 Å². The number of ether oxygens (including phenoxy) is 1. The van der Waals surface area contributed by atoms with Crippen LogP contribution in [0.25, 0.3) is 0 Å². The van der Waals surface area contributed by atoms with Gasteiger partial charge in [0, 0.05) is 12.7 Å². The highest BCUT2D eigenvalue weighted by molar-refractivity contribution is 7.92. The lowest BCUT2D eigenvalue weighted by Gasteiger charge is -2.19. The molecule has 0 atom stereocenters. The Balaban J connectivity index is 1.57. The second-order valence-electron chi connectivity index (χ2n) is 7.49. The minimum atomic E-state index is -3.75. The van der Waals surface area contributed by atoms with Crippen molar-refractivity contribution in [3.05, 3.63) is 89.5 Å². The number of aryl methyl sites for hydroxylation is 1. The average molecular weight is 478 g/mol. The van der Waals surface area contributed by atoms with Gasteiger partial charge in [-0.3, -0.25) is 9.10 Å². The Morgan fingerprint density at radius 1 is 0.971 bits per heavy atom. The first-order valence-electron chi connectivity index (χ1n) is 10.3. The molecule has 0 saturated heterocycles. The first-order valence-corrected chi connectivity index (χ1v) is 11.7. The van der Waals surface area contributed by atoms with Crippen molar-refractivity contribution < 1.29 is 22.7 Å². The van der Waals surface area contributed by atoms with E-state index in [1.807, 2.05) is 13.0 Å². The molecule has 0 aliphatic carbocycles. The molecule has 0 aliphatic rings. The van der Waals surface area contributed by atoms with Crippen LogP contribution in [0.2, 0.25) is 0 Å². The van der Waals surface area contributed by atoms with E-state index >= 15 is 0 Å². The monoisotopic (exact) mass is 477 g/mol. The Bertz CT molecular complexity index is 1310. The largest absolute Gasteiger partial charge is 0.452 e. The first kappa shape index (κ1) is 24.5. The smallest absolute Gasteiger partial charge is 0.338 e. The van der Waals surface area contributed by atoms with E-state index in [-0.39, 0.29) is 16.9 Å². The van der Waals surface area contributed by atoms with Crippen LogP contribution in [0.4, 0.5) is 11.4 Å². The van der Waals surface area contributed by atoms with Crippen molar-refractivity contribution in [1.82, 2.24) is 0 Å². The van der Waals surface area contributed by atoms with Crippen LogP contribution in [0.5, 0.6) is 0 Å². The zero-order chi connectivity index (χ0) is 24.7. The fourth-order valence-corrected chi connectivity index (χ4v) is 4.22. The summed E-state index contributed by atoms with van der Waals surface area (Å²) in [7, 11) is -2.32. The second-order valence-corrected chi connectivity index (χ2v) is 9.46. The average Bonchev–Trinajstić information content (AvgIpc) is 2.84. The molecule has 9 heteroatoms. The summed E-state index contributed by atoms with van der Waals surface area (Å²) < 4.78 is 31.8. The molecule has 0 radical (unpaired) electrons. The number of amides is 1. The van der Waals surface area contributed by atoms with E-state index in [9.17, 15) is 18.0 Å². The summed E-state index contributed by atoms with van der Waals surface area (Å²) >= 11 is 0. The van der Waals surface area contributed by atoms with Crippen LogP contribution in [0.1, 0.15) is 21.5 Å². The van der Waals surface area contributed by atoms with E-state index in [4.69, 9.17) is 10.00 Å². The van der Waals surface area contributed by atoms with E-state index in [0.29, 0.717) is 11.4 Å². The lowest BCUT2D eigenvalue weighted by atomic mass is 10.1. The van der Waals surface area contributed by atoms with Crippen LogP contribution in [0, 0.1) is 18.3 Å². The Labute approximate surface area is 198 Å². The molecule has 0 bridgehead atoms. The van der Waals surface area contributed by atoms with Gasteiger partial charge in [-0.1, -0.05) is 29.8 Å². The maximum atomic E-state index is 12.8. The Morgan fingerprint density at radius 3 is 2.18 bits per heavy atom. The molecule has 0 saturated carbocycles. The van der Waals surface area contributed by atoms with Gasteiger partial charge in [0.05, 0.1) is 28.6 Å². The molecule has 0 fully saturated rings. The van der Waals surface area contributed by atoms with Gasteiger partial charge in [-0.25, -0.2) is 13.2 Å². The fourth-order valence-electron chi connectivity index (χ4n) is 3.02. The molecule has 0 aliphatic heterocycles. The van der Waals surface area contributed by atoms with Crippen molar-refractivity contribution in [2.75, 3.05) is 23.3 Å². The van der Waals surface area contributed by atoms with Crippen molar-refractivity contribution in [2.24, 2.45) is 0 Å². The van der Waals surface area contributed by atoms with Crippen LogP contribution in [-0.4, -0.2) is 33.9 Å². The third-order valence-corrected chi connectivity index (χ3v) is 6.80. The molecule has 0 heterocycles. The number of hydrogen-bond acceptors (Lipinski definition) is 6. The Hall–Kier alpha value is -4.16. The molecule has 8 nitrogen and oxygen atoms in total. The number of esters is 1. The van der Waals surface area contributed by atoms with Crippen LogP contribution >= 0.6 is 0 Å². The molecule has 3 aromatic rings. The number of hydrogen-bond donors (Lipinski definition) is 1. The maximum absolute atomic E-state index is 12.8. The number of sulfonamides is 1. The zero-order valence-corrected chi connectivity index (χ0v) is 19.5. The van der Waals surface area contributed by atoms with Gasteiger partial charge in [0.1, 0.15) is 0 Å². The van der Waals surface area contributed by atoms with Gasteiger partial charge in [0.15, 0.2) is 6.61 Å². The van der Waals surface area contributed by atoms with Gasteiger partial charge in [-0.05, 0) is 61.0 Å². The number of benzene rings is 3. The Kier molecular flexibility index (Phi) is 7.66. The number of nitrogens with zero attached hydrogens (tertiary/aromatic N) is 2. The fraction of sp³-hybridized carbons (Fsp3) is 0.160. The third kappa shape index (κ3) is 5.99. The van der Waals surface area contributed by atoms with Gasteiger partial charge in [-0.15, -0.1) is 0 Å².